The number of aryl methyl sites for hydroxylation is 1. The van der Waals surface area contributed by atoms with E-state index >= 15 is 0 Å². The summed E-state index contributed by atoms with van der Waals surface area (Å²) in [5.74, 6) is 2.45. The van der Waals surface area contributed by atoms with Gasteiger partial charge in [0.15, 0.2) is 16.7 Å². The first kappa shape index (κ1) is 27.0. The van der Waals surface area contributed by atoms with Crippen molar-refractivity contribution in [3.05, 3.63) is 112 Å². The lowest BCUT2D eigenvalue weighted by atomic mass is 10.1. The number of hydrogen-bond donors (Lipinski definition) is 0. The first-order valence-corrected chi connectivity index (χ1v) is 13.5. The predicted molar refractivity (Wildman–Crippen MR) is 154 cm³/mol. The summed E-state index contributed by atoms with van der Waals surface area (Å²) in [5.41, 5.74) is 2.61. The maximum atomic E-state index is 11.7. The Morgan fingerprint density at radius 3 is 2.45 bits per heavy atom. The first-order chi connectivity index (χ1) is 19.5. The number of nitrogens with zero attached hydrogens (tertiary/aromatic N) is 4. The van der Waals surface area contributed by atoms with E-state index in [2.05, 4.69) is 28.4 Å². The number of ether oxygens (including phenoxy) is 3. The van der Waals surface area contributed by atoms with Gasteiger partial charge in [0.05, 0.1) is 14.2 Å². The molecule has 0 N–H and O–H groups in total. The van der Waals surface area contributed by atoms with Gasteiger partial charge in [0, 0.05) is 10.6 Å². The molecule has 0 saturated heterocycles. The van der Waals surface area contributed by atoms with Crippen LogP contribution in [0.3, 0.4) is 0 Å². The Bertz CT molecular complexity index is 1630. The van der Waals surface area contributed by atoms with E-state index in [9.17, 15) is 10.1 Å². The molecule has 9 nitrogen and oxygen atoms in total. The van der Waals surface area contributed by atoms with Crippen LogP contribution in [0.2, 0.25) is 0 Å². The Hall–Kier alpha value is -4.57. The highest BCUT2D eigenvalue weighted by Gasteiger charge is 2.25. The van der Waals surface area contributed by atoms with Gasteiger partial charge < -0.3 is 14.2 Å². The summed E-state index contributed by atoms with van der Waals surface area (Å²) < 4.78 is 18.9. The minimum absolute atomic E-state index is 0.307. The number of hydrogen-bond acceptors (Lipinski definition) is 8. The molecule has 0 unspecified atom stereocenters. The summed E-state index contributed by atoms with van der Waals surface area (Å²) in [6.45, 7) is 1.89. The molecule has 5 rings (SSSR count). The molecule has 0 saturated carbocycles. The zero-order valence-corrected chi connectivity index (χ0v) is 23.1. The van der Waals surface area contributed by atoms with Crippen LogP contribution in [0.4, 0.5) is 0 Å². The summed E-state index contributed by atoms with van der Waals surface area (Å²) in [4.78, 5) is 11.3. The van der Waals surface area contributed by atoms with Gasteiger partial charge in [-0.2, -0.15) is 0 Å². The minimum atomic E-state index is -0.545. The molecule has 0 fully saturated rings. The van der Waals surface area contributed by atoms with E-state index in [1.165, 1.54) is 11.8 Å². The van der Waals surface area contributed by atoms with Gasteiger partial charge in [-0.05, 0) is 65.2 Å². The molecule has 0 aliphatic carbocycles. The molecule has 4 aromatic carbocycles. The third kappa shape index (κ3) is 5.86. The monoisotopic (exact) mass is 556 g/mol. The molecule has 0 amide bonds. The molecule has 0 spiro atoms. The lowest BCUT2D eigenvalue weighted by Crippen LogP contribution is -2.11. The highest BCUT2D eigenvalue weighted by atomic mass is 32.2. The summed E-state index contributed by atoms with van der Waals surface area (Å²) >= 11 is 1.28. The number of methoxy groups -OCH3 is 2. The second-order valence-corrected chi connectivity index (χ2v) is 10.2. The smallest absolute Gasteiger partial charge is 0.220 e. The lowest BCUT2D eigenvalue weighted by molar-refractivity contribution is -0.479. The Morgan fingerprint density at radius 1 is 0.925 bits per heavy atom. The Balaban J connectivity index is 1.40. The van der Waals surface area contributed by atoms with Gasteiger partial charge in [0.1, 0.15) is 23.4 Å². The first-order valence-electron chi connectivity index (χ1n) is 12.6. The van der Waals surface area contributed by atoms with Crippen molar-refractivity contribution in [2.45, 2.75) is 23.9 Å². The fourth-order valence-electron chi connectivity index (χ4n) is 4.50. The Kier molecular flexibility index (Phi) is 8.16. The van der Waals surface area contributed by atoms with E-state index < -0.39 is 5.25 Å². The number of benzene rings is 4. The molecule has 1 atom stereocenters. The van der Waals surface area contributed by atoms with Crippen molar-refractivity contribution in [2.75, 3.05) is 20.8 Å². The van der Waals surface area contributed by atoms with Gasteiger partial charge in [-0.15, -0.1) is 10.2 Å². The highest BCUT2D eigenvalue weighted by molar-refractivity contribution is 7.99. The van der Waals surface area contributed by atoms with Crippen LogP contribution in [-0.4, -0.2) is 40.5 Å². The van der Waals surface area contributed by atoms with Crippen LogP contribution in [0.1, 0.15) is 22.2 Å². The zero-order chi connectivity index (χ0) is 28.1. The van der Waals surface area contributed by atoms with Crippen molar-refractivity contribution < 1.29 is 19.1 Å². The number of thioether (sulfide) groups is 1. The van der Waals surface area contributed by atoms with Gasteiger partial charge >= 0.3 is 0 Å². The summed E-state index contributed by atoms with van der Waals surface area (Å²) in [6, 6.07) is 27.2. The fraction of sp³-hybridized carbons (Fsp3) is 0.200. The van der Waals surface area contributed by atoms with Crippen molar-refractivity contribution in [3.63, 3.8) is 0 Å². The van der Waals surface area contributed by atoms with E-state index in [0.29, 0.717) is 29.1 Å². The summed E-state index contributed by atoms with van der Waals surface area (Å²) in [5, 5.41) is 22.5. The van der Waals surface area contributed by atoms with Crippen molar-refractivity contribution in [2.24, 2.45) is 0 Å². The number of aromatic nitrogens is 3. The number of fused-ring (bicyclic) bond motifs is 1. The van der Waals surface area contributed by atoms with Gasteiger partial charge in [0.2, 0.25) is 6.54 Å². The molecule has 1 aromatic heterocycles. The van der Waals surface area contributed by atoms with Crippen LogP contribution >= 0.6 is 11.8 Å². The number of nitro groups is 1. The average molecular weight is 557 g/mol. The predicted octanol–water partition coefficient (Wildman–Crippen LogP) is 6.44. The maximum Gasteiger partial charge on any atom is 0.220 e. The fourth-order valence-corrected chi connectivity index (χ4v) is 5.66. The second kappa shape index (κ2) is 12.1. The molecule has 5 aromatic rings. The van der Waals surface area contributed by atoms with Gasteiger partial charge in [-0.25, -0.2) is 0 Å². The SMILES string of the molecule is COc1ccc(-n2c(C)nnc2S[C@@H](C[N+](=O)[O-])c2ccc(OCc3cccc4ccccc34)c(OC)c2)cc1. The molecule has 10 heteroatoms. The van der Waals surface area contributed by atoms with Crippen LogP contribution in [0.25, 0.3) is 16.5 Å². The molecule has 0 bridgehead atoms. The van der Waals surface area contributed by atoms with E-state index in [4.69, 9.17) is 14.2 Å². The molecular weight excluding hydrogens is 528 g/mol. The van der Waals surface area contributed by atoms with E-state index in [-0.39, 0.29) is 11.5 Å². The van der Waals surface area contributed by atoms with Crippen molar-refractivity contribution in [1.29, 1.82) is 0 Å². The third-order valence-corrected chi connectivity index (χ3v) is 7.69. The van der Waals surface area contributed by atoms with E-state index in [1.54, 1.807) is 26.4 Å². The maximum absolute atomic E-state index is 11.7. The minimum Gasteiger partial charge on any atom is -0.497 e. The standard InChI is InChI=1S/C30H28N4O5S/c1-20-31-32-30(34(20)24-12-14-25(37-2)15-13-24)40-29(18-33(35)36)22-11-16-27(28(17-22)38-3)39-19-23-9-6-8-21-7-4-5-10-26(21)23/h4-17,29H,18-19H2,1-3H3/t29-/m0/s1. The molecule has 1 heterocycles. The van der Waals surface area contributed by atoms with Crippen molar-refractivity contribution in [3.8, 4) is 22.9 Å². The Morgan fingerprint density at radius 2 is 1.70 bits per heavy atom. The average Bonchev–Trinajstić information content (AvgIpc) is 3.34. The van der Waals surface area contributed by atoms with Crippen molar-refractivity contribution >= 4 is 22.5 Å². The molecule has 0 aliphatic heterocycles. The second-order valence-electron chi connectivity index (χ2n) is 9.02. The van der Waals surface area contributed by atoms with Crippen LogP contribution in [0.15, 0.2) is 90.1 Å². The molecular formula is C30H28N4O5S. The third-order valence-electron chi connectivity index (χ3n) is 6.51. The van der Waals surface area contributed by atoms with E-state index in [0.717, 1.165) is 33.3 Å². The van der Waals surface area contributed by atoms with E-state index in [1.807, 2.05) is 66.1 Å². The van der Waals surface area contributed by atoms with Crippen molar-refractivity contribution in [1.82, 2.24) is 14.8 Å². The van der Waals surface area contributed by atoms with Crippen LogP contribution < -0.4 is 14.2 Å². The molecule has 40 heavy (non-hydrogen) atoms. The van der Waals surface area contributed by atoms with Crippen LogP contribution in [-0.2, 0) is 6.61 Å². The molecule has 0 radical (unpaired) electrons. The van der Waals surface area contributed by atoms with Gasteiger partial charge in [0.25, 0.3) is 0 Å². The number of rotatable bonds is 11. The molecule has 0 aliphatic rings. The topological polar surface area (TPSA) is 102 Å². The lowest BCUT2D eigenvalue weighted by Gasteiger charge is -2.17. The summed E-state index contributed by atoms with van der Waals surface area (Å²) in [7, 11) is 3.17. The largest absolute Gasteiger partial charge is 0.497 e. The van der Waals surface area contributed by atoms with Gasteiger partial charge in [-0.3, -0.25) is 14.7 Å². The quantitative estimate of drug-likeness (QED) is 0.104. The van der Waals surface area contributed by atoms with Gasteiger partial charge in [-0.1, -0.05) is 60.3 Å². The zero-order valence-electron chi connectivity index (χ0n) is 22.3. The Labute approximate surface area is 235 Å². The summed E-state index contributed by atoms with van der Waals surface area (Å²) in [6.07, 6.45) is 0. The van der Waals surface area contributed by atoms with Crippen LogP contribution in [0.5, 0.6) is 17.2 Å². The normalized spacial score (nSPS) is 11.8. The molecule has 204 valence electrons. The van der Waals surface area contributed by atoms with Crippen LogP contribution in [0, 0.1) is 17.0 Å². The highest BCUT2D eigenvalue weighted by Crippen LogP contribution is 2.40.